The number of ether oxygens (including phenoxy) is 1. The smallest absolute Gasteiger partial charge is 0.260 e. The molecule has 1 aliphatic heterocycles. The molecule has 1 aliphatic rings. The lowest BCUT2D eigenvalue weighted by molar-refractivity contribution is -0.127. The summed E-state index contributed by atoms with van der Waals surface area (Å²) in [6.45, 7) is 7.68. The van der Waals surface area contributed by atoms with E-state index in [-0.39, 0.29) is 18.3 Å². The van der Waals surface area contributed by atoms with Crippen LogP contribution in [0.15, 0.2) is 24.3 Å². The van der Waals surface area contributed by atoms with E-state index in [2.05, 4.69) is 15.5 Å². The lowest BCUT2D eigenvalue weighted by Crippen LogP contribution is -2.44. The topological polar surface area (TPSA) is 53.6 Å². The molecule has 0 spiro atoms. The highest BCUT2D eigenvalue weighted by atomic mass is 35.5. The molecule has 1 amide bonds. The third-order valence-electron chi connectivity index (χ3n) is 3.67. The van der Waals surface area contributed by atoms with Gasteiger partial charge in [0.1, 0.15) is 5.75 Å². The summed E-state index contributed by atoms with van der Waals surface area (Å²) in [5.74, 6) is 0.424. The highest BCUT2D eigenvalue weighted by molar-refractivity contribution is 6.32. The molecule has 1 aromatic rings. The van der Waals surface area contributed by atoms with Gasteiger partial charge in [0.2, 0.25) is 0 Å². The number of para-hydroxylation sites is 1. The van der Waals surface area contributed by atoms with Crippen molar-refractivity contribution in [3.8, 4) is 5.75 Å². The second-order valence-electron chi connectivity index (χ2n) is 5.43. The summed E-state index contributed by atoms with van der Waals surface area (Å²) in [7, 11) is 0. The SMILES string of the molecule is CC(Oc1ccccc1Cl)C(=O)NCCCN1CCNCC1.Cl. The first-order valence-electron chi connectivity index (χ1n) is 7.79. The van der Waals surface area contributed by atoms with Crippen LogP contribution in [0.4, 0.5) is 0 Å². The number of nitrogens with one attached hydrogen (secondary N) is 2. The molecule has 1 atom stereocenters. The van der Waals surface area contributed by atoms with Gasteiger partial charge >= 0.3 is 0 Å². The summed E-state index contributed by atoms with van der Waals surface area (Å²) in [5, 5.41) is 6.75. The van der Waals surface area contributed by atoms with E-state index in [1.807, 2.05) is 12.1 Å². The van der Waals surface area contributed by atoms with E-state index in [1.165, 1.54) is 0 Å². The normalized spacial score (nSPS) is 16.3. The van der Waals surface area contributed by atoms with Crippen molar-refractivity contribution in [3.05, 3.63) is 29.3 Å². The van der Waals surface area contributed by atoms with Gasteiger partial charge < -0.3 is 20.3 Å². The summed E-state index contributed by atoms with van der Waals surface area (Å²) in [6, 6.07) is 7.17. The lowest BCUT2D eigenvalue weighted by atomic mass is 10.3. The Bertz CT molecular complexity index is 482. The van der Waals surface area contributed by atoms with Crippen LogP contribution < -0.4 is 15.4 Å². The van der Waals surface area contributed by atoms with Crippen LogP contribution in [0, 0.1) is 0 Å². The van der Waals surface area contributed by atoms with E-state index in [4.69, 9.17) is 16.3 Å². The first-order valence-corrected chi connectivity index (χ1v) is 8.16. The van der Waals surface area contributed by atoms with Crippen molar-refractivity contribution in [1.82, 2.24) is 15.5 Å². The molecule has 2 N–H and O–H groups in total. The molecule has 7 heteroatoms. The average molecular weight is 362 g/mol. The highest BCUT2D eigenvalue weighted by Gasteiger charge is 2.15. The summed E-state index contributed by atoms with van der Waals surface area (Å²) >= 11 is 6.02. The third-order valence-corrected chi connectivity index (χ3v) is 3.98. The van der Waals surface area contributed by atoms with Gasteiger partial charge in [-0.05, 0) is 32.0 Å². The molecule has 0 aliphatic carbocycles. The van der Waals surface area contributed by atoms with Gasteiger partial charge in [-0.2, -0.15) is 0 Å². The number of carbonyl (C=O) groups excluding carboxylic acids is 1. The Morgan fingerprint density at radius 3 is 2.78 bits per heavy atom. The quantitative estimate of drug-likeness (QED) is 0.728. The molecule has 0 saturated carbocycles. The standard InChI is InChI=1S/C16H24ClN3O2.ClH/c1-13(22-15-6-3-2-5-14(15)17)16(21)19-7-4-10-20-11-8-18-9-12-20;/h2-3,5-6,13,18H,4,7-12H2,1H3,(H,19,21);1H. The zero-order valence-corrected chi connectivity index (χ0v) is 15.0. The molecule has 1 fully saturated rings. The Balaban J connectivity index is 0.00000264. The van der Waals surface area contributed by atoms with E-state index in [1.54, 1.807) is 19.1 Å². The van der Waals surface area contributed by atoms with E-state index < -0.39 is 6.10 Å². The van der Waals surface area contributed by atoms with E-state index in [0.717, 1.165) is 39.1 Å². The fourth-order valence-corrected chi connectivity index (χ4v) is 2.56. The molecule has 23 heavy (non-hydrogen) atoms. The fourth-order valence-electron chi connectivity index (χ4n) is 2.38. The van der Waals surface area contributed by atoms with Crippen LogP contribution in [0.1, 0.15) is 13.3 Å². The van der Waals surface area contributed by atoms with Gasteiger partial charge in [0.25, 0.3) is 5.91 Å². The predicted octanol–water partition coefficient (Wildman–Crippen LogP) is 1.94. The Morgan fingerprint density at radius 1 is 1.39 bits per heavy atom. The molecule has 1 aromatic carbocycles. The van der Waals surface area contributed by atoms with Crippen molar-refractivity contribution in [3.63, 3.8) is 0 Å². The van der Waals surface area contributed by atoms with Gasteiger partial charge in [-0.1, -0.05) is 23.7 Å². The van der Waals surface area contributed by atoms with E-state index in [9.17, 15) is 4.79 Å². The minimum atomic E-state index is -0.556. The molecular weight excluding hydrogens is 337 g/mol. The molecule has 130 valence electrons. The van der Waals surface area contributed by atoms with Gasteiger partial charge in [-0.25, -0.2) is 0 Å². The minimum Gasteiger partial charge on any atom is -0.479 e. The largest absolute Gasteiger partial charge is 0.479 e. The van der Waals surface area contributed by atoms with Crippen LogP contribution in [0.25, 0.3) is 0 Å². The number of rotatable bonds is 7. The Morgan fingerprint density at radius 2 is 2.09 bits per heavy atom. The number of hydrogen-bond donors (Lipinski definition) is 2. The molecule has 0 aromatic heterocycles. The van der Waals surface area contributed by atoms with Gasteiger partial charge in [-0.15, -0.1) is 12.4 Å². The molecule has 1 heterocycles. The first kappa shape index (κ1) is 20.0. The number of amides is 1. The average Bonchev–Trinajstić information content (AvgIpc) is 2.54. The molecular formula is C16H25Cl2N3O2. The van der Waals surface area contributed by atoms with Crippen LogP contribution in [-0.2, 0) is 4.79 Å². The van der Waals surface area contributed by atoms with Crippen LogP contribution in [0.5, 0.6) is 5.75 Å². The third kappa shape index (κ3) is 6.96. The summed E-state index contributed by atoms with van der Waals surface area (Å²) in [4.78, 5) is 14.4. The van der Waals surface area contributed by atoms with Crippen LogP contribution in [0.2, 0.25) is 5.02 Å². The van der Waals surface area contributed by atoms with Gasteiger partial charge in [0.05, 0.1) is 5.02 Å². The van der Waals surface area contributed by atoms with Crippen LogP contribution in [-0.4, -0.2) is 56.2 Å². The number of hydrogen-bond acceptors (Lipinski definition) is 4. The molecule has 1 saturated heterocycles. The molecule has 0 radical (unpaired) electrons. The molecule has 2 rings (SSSR count). The van der Waals surface area contributed by atoms with Crippen molar-refractivity contribution >= 4 is 29.9 Å². The number of nitrogens with zero attached hydrogens (tertiary/aromatic N) is 1. The van der Waals surface area contributed by atoms with Crippen molar-refractivity contribution in [2.45, 2.75) is 19.4 Å². The number of benzene rings is 1. The van der Waals surface area contributed by atoms with Crippen molar-refractivity contribution in [1.29, 1.82) is 0 Å². The zero-order chi connectivity index (χ0) is 15.8. The maximum absolute atomic E-state index is 12.0. The maximum Gasteiger partial charge on any atom is 0.260 e. The number of halogens is 2. The van der Waals surface area contributed by atoms with E-state index in [0.29, 0.717) is 17.3 Å². The van der Waals surface area contributed by atoms with E-state index >= 15 is 0 Å². The Labute approximate surface area is 149 Å². The summed E-state index contributed by atoms with van der Waals surface area (Å²) < 4.78 is 5.59. The maximum atomic E-state index is 12.0. The number of carbonyl (C=O) groups is 1. The minimum absolute atomic E-state index is 0. The van der Waals surface area contributed by atoms with Crippen LogP contribution in [0.3, 0.4) is 0 Å². The van der Waals surface area contributed by atoms with Gasteiger partial charge in [0.15, 0.2) is 6.10 Å². The second-order valence-corrected chi connectivity index (χ2v) is 5.83. The van der Waals surface area contributed by atoms with Gasteiger partial charge in [0, 0.05) is 32.7 Å². The van der Waals surface area contributed by atoms with Crippen molar-refractivity contribution in [2.75, 3.05) is 39.3 Å². The second kappa shape index (κ2) is 10.7. The molecule has 1 unspecified atom stereocenters. The van der Waals surface area contributed by atoms with Crippen molar-refractivity contribution in [2.24, 2.45) is 0 Å². The van der Waals surface area contributed by atoms with Crippen LogP contribution >= 0.6 is 24.0 Å². The van der Waals surface area contributed by atoms with Gasteiger partial charge in [-0.3, -0.25) is 4.79 Å². The highest BCUT2D eigenvalue weighted by Crippen LogP contribution is 2.24. The lowest BCUT2D eigenvalue weighted by Gasteiger charge is -2.27. The zero-order valence-electron chi connectivity index (χ0n) is 13.4. The fraction of sp³-hybridized carbons (Fsp3) is 0.562. The Kier molecular flexibility index (Phi) is 9.33. The Hall–Kier alpha value is -1.01. The molecule has 5 nitrogen and oxygen atoms in total. The van der Waals surface area contributed by atoms with Crippen molar-refractivity contribution < 1.29 is 9.53 Å². The first-order chi connectivity index (χ1) is 10.7. The summed E-state index contributed by atoms with van der Waals surface area (Å²) in [6.07, 6.45) is 0.393. The monoisotopic (exact) mass is 361 g/mol. The summed E-state index contributed by atoms with van der Waals surface area (Å²) in [5.41, 5.74) is 0. The predicted molar refractivity (Wildman–Crippen MR) is 95.7 cm³/mol. The molecule has 0 bridgehead atoms. The number of piperazine rings is 1.